The number of halogens is 2. The average Bonchev–Trinajstić information content (AvgIpc) is 4.07. The van der Waals surface area contributed by atoms with E-state index in [0.29, 0.717) is 18.6 Å². The molecule has 4 aliphatic heterocycles. The molecule has 16 heteroatoms. The summed E-state index contributed by atoms with van der Waals surface area (Å²) in [6.07, 6.45) is 9.16. The number of carbonyl (C=O) groups excluding carboxylic acids is 2. The van der Waals surface area contributed by atoms with Crippen LogP contribution in [0.1, 0.15) is 58.4 Å². The summed E-state index contributed by atoms with van der Waals surface area (Å²) in [4.78, 5) is 35.4. The molecular formula is C44H53F2N7O7. The SMILES string of the molecule is CCCCCC1(O)CN(c2ccc(N3CCN(c4ccc(OC[C@H]5OC[C@](Cn6cncn6)(c6ccc(F)cc6F)O5)cc4)CC3)cc2)C(=O)N1C(C)C.O=C1CC=CO1. The standard InChI is InChI=1S/C40H49F2N7O5.C4H4O2/c1-4-5-6-17-40(51)25-48(38(50)49(40)29(2)3)33-10-8-31(9-11-33)45-18-20-46(21-19-45)32-12-14-34(15-13-32)52-23-37-53-26-39(54-37,24-47-28-43-27-44-47)35-16-7-30(41)22-36(35)42;5-4-2-1-3-6-4/h7-16,22,27-29,37,51H,4-6,17-21,23-26H2,1-3H3;1,3H,2H2/t37-,39+,40?;/m0./s1. The highest BCUT2D eigenvalue weighted by Crippen LogP contribution is 2.38. The number of hydrogen-bond donors (Lipinski definition) is 1. The van der Waals surface area contributed by atoms with E-state index in [1.165, 1.54) is 35.7 Å². The third-order valence-corrected chi connectivity index (χ3v) is 11.1. The number of hydrogen-bond acceptors (Lipinski definition) is 11. The van der Waals surface area contributed by atoms with Crippen LogP contribution in [0.3, 0.4) is 0 Å². The van der Waals surface area contributed by atoms with E-state index in [4.69, 9.17) is 14.2 Å². The maximum Gasteiger partial charge on any atom is 0.327 e. The minimum atomic E-state index is -1.24. The zero-order valence-electron chi connectivity index (χ0n) is 34.3. The van der Waals surface area contributed by atoms with Crippen molar-refractivity contribution in [2.75, 3.05) is 60.6 Å². The zero-order valence-corrected chi connectivity index (χ0v) is 34.3. The van der Waals surface area contributed by atoms with Crippen molar-refractivity contribution in [2.24, 2.45) is 0 Å². The summed E-state index contributed by atoms with van der Waals surface area (Å²) in [5, 5.41) is 15.7. The Morgan fingerprint density at radius 2 is 1.62 bits per heavy atom. The fourth-order valence-corrected chi connectivity index (χ4v) is 8.14. The van der Waals surface area contributed by atoms with Crippen molar-refractivity contribution in [1.29, 1.82) is 0 Å². The highest BCUT2D eigenvalue weighted by atomic mass is 19.1. The number of unbranched alkanes of at least 4 members (excludes halogenated alkanes) is 2. The Morgan fingerprint density at radius 3 is 2.18 bits per heavy atom. The number of esters is 1. The van der Waals surface area contributed by atoms with Gasteiger partial charge >= 0.3 is 12.0 Å². The normalized spacial score (nSPS) is 22.8. The van der Waals surface area contributed by atoms with Gasteiger partial charge in [-0.1, -0.05) is 25.8 Å². The summed E-state index contributed by atoms with van der Waals surface area (Å²) in [5.74, 6) is -0.921. The van der Waals surface area contributed by atoms with Crippen molar-refractivity contribution in [3.05, 3.63) is 109 Å². The number of carbonyl (C=O) groups is 2. The number of aliphatic hydroxyl groups is 1. The molecule has 14 nitrogen and oxygen atoms in total. The molecule has 3 fully saturated rings. The van der Waals surface area contributed by atoms with Crippen molar-refractivity contribution in [2.45, 2.75) is 83.1 Å². The van der Waals surface area contributed by atoms with Crippen LogP contribution in [0.25, 0.3) is 0 Å². The van der Waals surface area contributed by atoms with Gasteiger partial charge in [-0.05, 0) is 87.4 Å². The van der Waals surface area contributed by atoms with Crippen LogP contribution in [0.4, 0.5) is 30.6 Å². The fraction of sp³-hybridized carbons (Fsp3) is 0.455. The molecule has 3 atom stereocenters. The summed E-state index contributed by atoms with van der Waals surface area (Å²) >= 11 is 0. The van der Waals surface area contributed by atoms with Gasteiger partial charge in [-0.15, -0.1) is 0 Å². The molecule has 1 aromatic heterocycles. The Balaban J connectivity index is 0.000000834. The van der Waals surface area contributed by atoms with Crippen molar-refractivity contribution in [3.8, 4) is 5.75 Å². The van der Waals surface area contributed by atoms with Crippen LogP contribution >= 0.6 is 0 Å². The first-order valence-corrected chi connectivity index (χ1v) is 20.5. The molecule has 3 saturated heterocycles. The second-order valence-electron chi connectivity index (χ2n) is 15.7. The van der Waals surface area contributed by atoms with E-state index in [1.807, 2.05) is 50.2 Å². The first-order valence-electron chi connectivity index (χ1n) is 20.5. The van der Waals surface area contributed by atoms with Gasteiger partial charge in [0.15, 0.2) is 12.0 Å². The highest BCUT2D eigenvalue weighted by Gasteiger charge is 2.50. The summed E-state index contributed by atoms with van der Waals surface area (Å²) in [5.41, 5.74) is 0.734. The first-order chi connectivity index (χ1) is 29.0. The summed E-state index contributed by atoms with van der Waals surface area (Å²) in [7, 11) is 0. The fourth-order valence-electron chi connectivity index (χ4n) is 8.14. The van der Waals surface area contributed by atoms with Crippen molar-refractivity contribution in [1.82, 2.24) is 19.7 Å². The maximum absolute atomic E-state index is 14.9. The van der Waals surface area contributed by atoms with E-state index in [-0.39, 0.29) is 49.9 Å². The third kappa shape index (κ3) is 9.72. The van der Waals surface area contributed by atoms with Crippen LogP contribution in [-0.2, 0) is 31.2 Å². The molecule has 60 heavy (non-hydrogen) atoms. The number of cyclic esters (lactones) is 1. The maximum atomic E-state index is 14.9. The summed E-state index contributed by atoms with van der Waals surface area (Å²) in [6.45, 7) is 9.86. The molecule has 0 spiro atoms. The van der Waals surface area contributed by atoms with Gasteiger partial charge < -0.3 is 33.9 Å². The molecule has 1 unspecified atom stereocenters. The Bertz CT molecular complexity index is 2070. The summed E-state index contributed by atoms with van der Waals surface area (Å²) < 4.78 is 52.7. The summed E-state index contributed by atoms with van der Waals surface area (Å²) in [6, 6.07) is 19.1. The third-order valence-electron chi connectivity index (χ3n) is 11.1. The molecule has 0 bridgehead atoms. The largest absolute Gasteiger partial charge is 0.488 e. The molecule has 5 heterocycles. The Kier molecular flexibility index (Phi) is 13.3. The Hall–Kier alpha value is -5.58. The number of urea groups is 1. The zero-order chi connectivity index (χ0) is 42.3. The lowest BCUT2D eigenvalue weighted by Gasteiger charge is -2.37. The monoisotopic (exact) mass is 829 g/mol. The number of amides is 2. The smallest absolute Gasteiger partial charge is 0.327 e. The molecule has 4 aliphatic rings. The molecule has 0 radical (unpaired) electrons. The van der Waals surface area contributed by atoms with Crippen molar-refractivity contribution >= 4 is 29.1 Å². The van der Waals surface area contributed by atoms with Crippen LogP contribution in [-0.4, -0.2) is 101 Å². The number of benzene rings is 3. The Labute approximate surface area is 348 Å². The van der Waals surface area contributed by atoms with Crippen LogP contribution in [0, 0.1) is 11.6 Å². The van der Waals surface area contributed by atoms with Gasteiger partial charge in [0.25, 0.3) is 0 Å². The minimum absolute atomic E-state index is 0.0250. The van der Waals surface area contributed by atoms with Crippen LogP contribution in [0.15, 0.2) is 91.7 Å². The van der Waals surface area contributed by atoms with E-state index in [0.717, 1.165) is 68.6 Å². The van der Waals surface area contributed by atoms with E-state index in [1.54, 1.807) is 15.9 Å². The van der Waals surface area contributed by atoms with Gasteiger partial charge in [-0.3, -0.25) is 14.6 Å². The molecule has 320 valence electrons. The van der Waals surface area contributed by atoms with Gasteiger partial charge in [0.05, 0.1) is 32.4 Å². The van der Waals surface area contributed by atoms with Crippen molar-refractivity contribution < 1.29 is 42.4 Å². The van der Waals surface area contributed by atoms with E-state index in [9.17, 15) is 23.5 Å². The van der Waals surface area contributed by atoms with E-state index in [2.05, 4.69) is 43.7 Å². The number of ether oxygens (including phenoxy) is 4. The second-order valence-corrected chi connectivity index (χ2v) is 15.7. The molecule has 8 rings (SSSR count). The van der Waals surface area contributed by atoms with Gasteiger partial charge in [0, 0.05) is 60.9 Å². The topological polar surface area (TPSA) is 135 Å². The van der Waals surface area contributed by atoms with Gasteiger partial charge in [0.2, 0.25) is 0 Å². The number of rotatable bonds is 14. The predicted molar refractivity (Wildman–Crippen MR) is 220 cm³/mol. The molecule has 2 amide bonds. The lowest BCUT2D eigenvalue weighted by Crippen LogP contribution is -2.50. The molecule has 0 saturated carbocycles. The number of aromatic nitrogens is 3. The van der Waals surface area contributed by atoms with E-state index < -0.39 is 29.3 Å². The quantitative estimate of drug-likeness (QED) is 0.109. The minimum Gasteiger partial charge on any atom is -0.488 e. The average molecular weight is 830 g/mol. The predicted octanol–water partition coefficient (Wildman–Crippen LogP) is 6.60. The number of piperazine rings is 1. The molecular weight excluding hydrogens is 777 g/mol. The van der Waals surface area contributed by atoms with Gasteiger partial charge in [0.1, 0.15) is 42.2 Å². The number of nitrogens with zero attached hydrogens (tertiary/aromatic N) is 7. The Morgan fingerprint density at radius 1 is 0.933 bits per heavy atom. The number of β-amino-alcohol motifs (C(OH)–C–C–N with tert-alkyl or cyclic N) is 1. The molecule has 1 N–H and O–H groups in total. The first kappa shape index (κ1) is 42.5. The second kappa shape index (κ2) is 18.8. The van der Waals surface area contributed by atoms with Crippen LogP contribution in [0.2, 0.25) is 0 Å². The van der Waals surface area contributed by atoms with E-state index >= 15 is 0 Å². The van der Waals surface area contributed by atoms with Crippen molar-refractivity contribution in [3.63, 3.8) is 0 Å². The lowest BCUT2D eigenvalue weighted by atomic mass is 9.94. The number of anilines is 3. The molecule has 3 aromatic carbocycles. The van der Waals surface area contributed by atoms with Crippen LogP contribution < -0.4 is 19.4 Å². The lowest BCUT2D eigenvalue weighted by molar-refractivity contribution is -0.135. The van der Waals surface area contributed by atoms with Crippen LogP contribution in [0.5, 0.6) is 5.75 Å². The van der Waals surface area contributed by atoms with Gasteiger partial charge in [-0.25, -0.2) is 23.2 Å². The van der Waals surface area contributed by atoms with Gasteiger partial charge in [-0.2, -0.15) is 5.10 Å². The molecule has 4 aromatic rings. The highest BCUT2D eigenvalue weighted by molar-refractivity contribution is 5.95. The molecule has 0 aliphatic carbocycles.